The molecule has 0 unspecified atom stereocenters. The Kier molecular flexibility index (Phi) is 3.25. The van der Waals surface area contributed by atoms with Gasteiger partial charge < -0.3 is 0 Å². The number of rotatable bonds is 2. The maximum Gasteiger partial charge on any atom is 0.264 e. The van der Waals surface area contributed by atoms with Crippen LogP contribution in [0.2, 0.25) is 0 Å². The zero-order valence-corrected chi connectivity index (χ0v) is 12.1. The third-order valence-corrected chi connectivity index (χ3v) is 3.64. The van der Waals surface area contributed by atoms with Crippen LogP contribution >= 0.6 is 15.9 Å². The molecule has 3 aromatic rings. The molecule has 0 spiro atoms. The quantitative estimate of drug-likeness (QED) is 0.696. The second-order valence-corrected chi connectivity index (χ2v) is 5.33. The van der Waals surface area contributed by atoms with Gasteiger partial charge in [-0.2, -0.15) is 5.10 Å². The SMILES string of the molecule is Cn1ncc2c(C(F)F)cc(-c3ccc(Br)cc3)nc21. The van der Waals surface area contributed by atoms with E-state index in [4.69, 9.17) is 0 Å². The fourth-order valence-electron chi connectivity index (χ4n) is 2.09. The van der Waals surface area contributed by atoms with Crippen LogP contribution in [0.1, 0.15) is 12.0 Å². The Morgan fingerprint density at radius 1 is 1.20 bits per heavy atom. The molecule has 0 aliphatic heterocycles. The Morgan fingerprint density at radius 3 is 2.55 bits per heavy atom. The number of pyridine rings is 1. The van der Waals surface area contributed by atoms with Gasteiger partial charge in [0, 0.05) is 28.0 Å². The van der Waals surface area contributed by atoms with Gasteiger partial charge >= 0.3 is 0 Å². The van der Waals surface area contributed by atoms with Gasteiger partial charge in [0.2, 0.25) is 0 Å². The largest absolute Gasteiger partial charge is 0.264 e. The van der Waals surface area contributed by atoms with Crippen molar-refractivity contribution < 1.29 is 8.78 Å². The average Bonchev–Trinajstić information content (AvgIpc) is 2.80. The van der Waals surface area contributed by atoms with Crippen molar-refractivity contribution in [2.24, 2.45) is 7.05 Å². The Morgan fingerprint density at radius 2 is 1.90 bits per heavy atom. The summed E-state index contributed by atoms with van der Waals surface area (Å²) in [6, 6.07) is 8.81. The van der Waals surface area contributed by atoms with E-state index in [1.807, 2.05) is 24.3 Å². The van der Waals surface area contributed by atoms with Crippen molar-refractivity contribution in [3.8, 4) is 11.3 Å². The molecule has 0 aliphatic rings. The van der Waals surface area contributed by atoms with Gasteiger partial charge in [-0.3, -0.25) is 4.68 Å². The lowest BCUT2D eigenvalue weighted by molar-refractivity contribution is 0.153. The Hall–Kier alpha value is -1.82. The highest BCUT2D eigenvalue weighted by Gasteiger charge is 2.17. The minimum Gasteiger partial charge on any atom is -0.250 e. The number of benzene rings is 1. The number of hydrogen-bond donors (Lipinski definition) is 0. The molecule has 0 atom stereocenters. The predicted molar refractivity (Wildman–Crippen MR) is 76.6 cm³/mol. The van der Waals surface area contributed by atoms with Crippen LogP contribution in [-0.4, -0.2) is 14.8 Å². The fourth-order valence-corrected chi connectivity index (χ4v) is 2.35. The van der Waals surface area contributed by atoms with Crippen LogP contribution in [0, 0.1) is 0 Å². The first-order valence-corrected chi connectivity index (χ1v) is 6.72. The van der Waals surface area contributed by atoms with Gasteiger partial charge in [0.25, 0.3) is 6.43 Å². The van der Waals surface area contributed by atoms with Gasteiger partial charge in [-0.15, -0.1) is 0 Å². The molecule has 20 heavy (non-hydrogen) atoms. The summed E-state index contributed by atoms with van der Waals surface area (Å²) < 4.78 is 28.8. The molecule has 0 aliphatic carbocycles. The van der Waals surface area contributed by atoms with Crippen molar-refractivity contribution >= 4 is 27.0 Å². The number of aromatic nitrogens is 3. The number of halogens is 3. The minimum absolute atomic E-state index is 0.0407. The lowest BCUT2D eigenvalue weighted by atomic mass is 10.1. The van der Waals surface area contributed by atoms with E-state index >= 15 is 0 Å². The summed E-state index contributed by atoms with van der Waals surface area (Å²) in [4.78, 5) is 4.43. The van der Waals surface area contributed by atoms with Crippen molar-refractivity contribution in [3.05, 3.63) is 46.6 Å². The molecule has 102 valence electrons. The maximum atomic E-state index is 13.2. The highest BCUT2D eigenvalue weighted by molar-refractivity contribution is 9.10. The molecule has 0 saturated carbocycles. The van der Waals surface area contributed by atoms with E-state index in [-0.39, 0.29) is 5.56 Å². The van der Waals surface area contributed by atoms with Crippen LogP contribution in [0.4, 0.5) is 8.78 Å². The van der Waals surface area contributed by atoms with Crippen LogP contribution in [-0.2, 0) is 7.05 Å². The fraction of sp³-hybridized carbons (Fsp3) is 0.143. The van der Waals surface area contributed by atoms with E-state index in [0.29, 0.717) is 16.7 Å². The Balaban J connectivity index is 2.26. The first-order chi connectivity index (χ1) is 9.56. The molecule has 0 N–H and O–H groups in total. The predicted octanol–water partition coefficient (Wildman–Crippen LogP) is 4.34. The molecule has 0 saturated heterocycles. The Labute approximate surface area is 122 Å². The standard InChI is InChI=1S/C14H10BrF2N3/c1-20-14-11(7-18-20)10(13(16)17)6-12(19-14)8-2-4-9(15)5-3-8/h2-7,13H,1H3. The average molecular weight is 338 g/mol. The lowest BCUT2D eigenvalue weighted by Crippen LogP contribution is -1.96. The van der Waals surface area contributed by atoms with Gasteiger partial charge in [-0.05, 0) is 18.2 Å². The van der Waals surface area contributed by atoms with Crippen molar-refractivity contribution in [2.75, 3.05) is 0 Å². The zero-order chi connectivity index (χ0) is 14.3. The van der Waals surface area contributed by atoms with E-state index < -0.39 is 6.43 Å². The molecule has 0 bridgehead atoms. The van der Waals surface area contributed by atoms with Gasteiger partial charge in [-0.25, -0.2) is 13.8 Å². The second-order valence-electron chi connectivity index (χ2n) is 4.41. The number of fused-ring (bicyclic) bond motifs is 1. The van der Waals surface area contributed by atoms with Gasteiger partial charge in [0.05, 0.1) is 11.9 Å². The van der Waals surface area contributed by atoms with Crippen molar-refractivity contribution in [2.45, 2.75) is 6.43 Å². The van der Waals surface area contributed by atoms with E-state index in [0.717, 1.165) is 10.0 Å². The molecular formula is C14H10BrF2N3. The lowest BCUT2D eigenvalue weighted by Gasteiger charge is -2.07. The number of alkyl halides is 2. The Bertz CT molecular complexity index is 766. The first kappa shape index (κ1) is 13.2. The van der Waals surface area contributed by atoms with Gasteiger partial charge in [-0.1, -0.05) is 28.1 Å². The summed E-state index contributed by atoms with van der Waals surface area (Å²) in [6.45, 7) is 0. The molecule has 1 aromatic carbocycles. The summed E-state index contributed by atoms with van der Waals surface area (Å²) >= 11 is 3.35. The molecule has 2 aromatic heterocycles. The maximum absolute atomic E-state index is 13.2. The van der Waals surface area contributed by atoms with Crippen LogP contribution in [0.15, 0.2) is 41.0 Å². The molecular weight excluding hydrogens is 328 g/mol. The number of hydrogen-bond acceptors (Lipinski definition) is 2. The molecule has 0 fully saturated rings. The highest BCUT2D eigenvalue weighted by Crippen LogP contribution is 2.31. The third kappa shape index (κ3) is 2.20. The topological polar surface area (TPSA) is 30.7 Å². The molecule has 3 rings (SSSR count). The number of aryl methyl sites for hydroxylation is 1. The van der Waals surface area contributed by atoms with Crippen LogP contribution in [0.3, 0.4) is 0 Å². The van der Waals surface area contributed by atoms with E-state index in [1.54, 1.807) is 7.05 Å². The summed E-state index contributed by atoms with van der Waals surface area (Å²) in [7, 11) is 1.69. The number of nitrogens with zero attached hydrogens (tertiary/aromatic N) is 3. The third-order valence-electron chi connectivity index (χ3n) is 3.11. The van der Waals surface area contributed by atoms with Crippen molar-refractivity contribution in [3.63, 3.8) is 0 Å². The second kappa shape index (κ2) is 4.94. The highest BCUT2D eigenvalue weighted by atomic mass is 79.9. The molecule has 3 nitrogen and oxygen atoms in total. The zero-order valence-electron chi connectivity index (χ0n) is 10.5. The summed E-state index contributed by atoms with van der Waals surface area (Å²) in [5.74, 6) is 0. The summed E-state index contributed by atoms with van der Waals surface area (Å²) in [5.41, 5.74) is 1.73. The first-order valence-electron chi connectivity index (χ1n) is 5.93. The summed E-state index contributed by atoms with van der Waals surface area (Å²) in [6.07, 6.45) is -1.13. The van der Waals surface area contributed by atoms with Crippen LogP contribution < -0.4 is 0 Å². The van der Waals surface area contributed by atoms with E-state index in [1.165, 1.54) is 16.9 Å². The molecule has 6 heteroatoms. The monoisotopic (exact) mass is 337 g/mol. The van der Waals surface area contributed by atoms with E-state index in [2.05, 4.69) is 26.0 Å². The van der Waals surface area contributed by atoms with Crippen LogP contribution in [0.5, 0.6) is 0 Å². The van der Waals surface area contributed by atoms with Gasteiger partial charge in [0.1, 0.15) is 0 Å². The summed E-state index contributed by atoms with van der Waals surface area (Å²) in [5, 5.41) is 4.39. The molecule has 0 radical (unpaired) electrons. The smallest absolute Gasteiger partial charge is 0.250 e. The van der Waals surface area contributed by atoms with Crippen molar-refractivity contribution in [1.82, 2.24) is 14.8 Å². The normalized spacial score (nSPS) is 11.4. The van der Waals surface area contributed by atoms with Gasteiger partial charge in [0.15, 0.2) is 5.65 Å². The van der Waals surface area contributed by atoms with Crippen molar-refractivity contribution in [1.29, 1.82) is 0 Å². The van der Waals surface area contributed by atoms with E-state index in [9.17, 15) is 8.78 Å². The molecule has 0 amide bonds. The minimum atomic E-state index is -2.56. The van der Waals surface area contributed by atoms with Crippen LogP contribution in [0.25, 0.3) is 22.3 Å². The molecule has 2 heterocycles.